The van der Waals surface area contributed by atoms with E-state index in [2.05, 4.69) is 40.3 Å². The number of rotatable bonds is 6. The predicted octanol–water partition coefficient (Wildman–Crippen LogP) is 4.20. The number of nitrogens with one attached hydrogen (secondary N) is 1. The smallest absolute Gasteiger partial charge is 0.174 e. The van der Waals surface area contributed by atoms with Crippen LogP contribution in [-0.4, -0.2) is 6.61 Å². The SMILES string of the molecule is C[C@@H](NCc1ccc(OCC#N)cc1)c1cccc(Br)c1. The molecule has 0 heterocycles. The van der Waals surface area contributed by atoms with Gasteiger partial charge in [0.05, 0.1) is 0 Å². The zero-order chi connectivity index (χ0) is 15.1. The van der Waals surface area contributed by atoms with Crippen LogP contribution in [0.5, 0.6) is 5.75 Å². The van der Waals surface area contributed by atoms with Gasteiger partial charge in [0.2, 0.25) is 0 Å². The van der Waals surface area contributed by atoms with Crippen LogP contribution in [-0.2, 0) is 6.54 Å². The summed E-state index contributed by atoms with van der Waals surface area (Å²) < 4.78 is 6.32. The second-order valence-electron chi connectivity index (χ2n) is 4.75. The van der Waals surface area contributed by atoms with Gasteiger partial charge in [-0.1, -0.05) is 40.2 Å². The molecule has 1 atom stereocenters. The molecule has 108 valence electrons. The van der Waals surface area contributed by atoms with Crippen molar-refractivity contribution in [3.63, 3.8) is 0 Å². The number of halogens is 1. The average Bonchev–Trinajstić information content (AvgIpc) is 2.51. The number of benzene rings is 2. The zero-order valence-electron chi connectivity index (χ0n) is 11.8. The summed E-state index contributed by atoms with van der Waals surface area (Å²) in [6, 6.07) is 18.3. The Balaban J connectivity index is 1.89. The van der Waals surface area contributed by atoms with Crippen molar-refractivity contribution in [1.29, 1.82) is 5.26 Å². The molecule has 0 aliphatic carbocycles. The lowest BCUT2D eigenvalue weighted by Crippen LogP contribution is -2.18. The molecule has 2 aromatic carbocycles. The molecule has 2 aromatic rings. The summed E-state index contributed by atoms with van der Waals surface area (Å²) in [7, 11) is 0. The van der Waals surface area contributed by atoms with E-state index in [-0.39, 0.29) is 12.6 Å². The Kier molecular flexibility index (Phi) is 5.79. The van der Waals surface area contributed by atoms with E-state index < -0.39 is 0 Å². The first-order valence-electron chi connectivity index (χ1n) is 6.76. The van der Waals surface area contributed by atoms with Gasteiger partial charge in [-0.15, -0.1) is 0 Å². The lowest BCUT2D eigenvalue weighted by Gasteiger charge is -2.15. The van der Waals surface area contributed by atoms with Crippen molar-refractivity contribution in [2.45, 2.75) is 19.5 Å². The fourth-order valence-corrected chi connectivity index (χ4v) is 2.40. The molecule has 0 aliphatic heterocycles. The number of hydrogen-bond acceptors (Lipinski definition) is 3. The predicted molar refractivity (Wildman–Crippen MR) is 86.9 cm³/mol. The zero-order valence-corrected chi connectivity index (χ0v) is 13.4. The first-order valence-corrected chi connectivity index (χ1v) is 7.56. The third kappa shape index (κ3) is 4.89. The van der Waals surface area contributed by atoms with Gasteiger partial charge in [0.15, 0.2) is 6.61 Å². The Morgan fingerprint density at radius 1 is 1.24 bits per heavy atom. The van der Waals surface area contributed by atoms with Crippen molar-refractivity contribution in [3.8, 4) is 11.8 Å². The van der Waals surface area contributed by atoms with Gasteiger partial charge in [-0.2, -0.15) is 5.26 Å². The van der Waals surface area contributed by atoms with E-state index in [1.165, 1.54) is 11.1 Å². The molecule has 21 heavy (non-hydrogen) atoms. The Hall–Kier alpha value is -1.83. The molecule has 4 heteroatoms. The summed E-state index contributed by atoms with van der Waals surface area (Å²) in [5, 5.41) is 12.0. The van der Waals surface area contributed by atoms with E-state index >= 15 is 0 Å². The standard InChI is InChI=1S/C17H17BrN2O/c1-13(15-3-2-4-16(18)11-15)20-12-14-5-7-17(8-6-14)21-10-9-19/h2-8,11,13,20H,10,12H2,1H3/t13-/m1/s1. The van der Waals surface area contributed by atoms with Gasteiger partial charge in [0.1, 0.15) is 11.8 Å². The van der Waals surface area contributed by atoms with Crippen LogP contribution in [0, 0.1) is 11.3 Å². The minimum Gasteiger partial charge on any atom is -0.479 e. The highest BCUT2D eigenvalue weighted by atomic mass is 79.9. The number of nitrogens with zero attached hydrogens (tertiary/aromatic N) is 1. The normalized spacial score (nSPS) is 11.7. The maximum atomic E-state index is 8.47. The minimum absolute atomic E-state index is 0.0809. The Morgan fingerprint density at radius 2 is 2.00 bits per heavy atom. The number of ether oxygens (including phenoxy) is 1. The molecule has 0 bridgehead atoms. The largest absolute Gasteiger partial charge is 0.479 e. The molecular weight excluding hydrogens is 328 g/mol. The monoisotopic (exact) mass is 344 g/mol. The average molecular weight is 345 g/mol. The maximum Gasteiger partial charge on any atom is 0.174 e. The van der Waals surface area contributed by atoms with Crippen LogP contribution in [0.4, 0.5) is 0 Å². The van der Waals surface area contributed by atoms with Crippen molar-refractivity contribution in [2.75, 3.05) is 6.61 Å². The maximum absolute atomic E-state index is 8.47. The third-order valence-electron chi connectivity index (χ3n) is 3.19. The Morgan fingerprint density at radius 3 is 2.67 bits per heavy atom. The van der Waals surface area contributed by atoms with E-state index in [0.29, 0.717) is 0 Å². The van der Waals surface area contributed by atoms with Crippen LogP contribution >= 0.6 is 15.9 Å². The second-order valence-corrected chi connectivity index (χ2v) is 5.66. The van der Waals surface area contributed by atoms with Gasteiger partial charge in [-0.3, -0.25) is 0 Å². The molecule has 3 nitrogen and oxygen atoms in total. The molecule has 2 rings (SSSR count). The summed E-state index contributed by atoms with van der Waals surface area (Å²) in [6.45, 7) is 3.01. The number of hydrogen-bond donors (Lipinski definition) is 1. The first-order chi connectivity index (χ1) is 10.2. The number of nitriles is 1. The van der Waals surface area contributed by atoms with Crippen LogP contribution in [0.2, 0.25) is 0 Å². The molecule has 0 unspecified atom stereocenters. The van der Waals surface area contributed by atoms with Crippen molar-refractivity contribution in [1.82, 2.24) is 5.32 Å². The van der Waals surface area contributed by atoms with Gasteiger partial charge in [0.25, 0.3) is 0 Å². The quantitative estimate of drug-likeness (QED) is 0.853. The lowest BCUT2D eigenvalue weighted by atomic mass is 10.1. The fraction of sp³-hybridized carbons (Fsp3) is 0.235. The highest BCUT2D eigenvalue weighted by Gasteiger charge is 2.05. The summed E-state index contributed by atoms with van der Waals surface area (Å²) in [5.41, 5.74) is 2.43. The van der Waals surface area contributed by atoms with Crippen LogP contribution in [0.3, 0.4) is 0 Å². The molecule has 0 amide bonds. The van der Waals surface area contributed by atoms with Gasteiger partial charge >= 0.3 is 0 Å². The van der Waals surface area contributed by atoms with E-state index in [0.717, 1.165) is 16.8 Å². The highest BCUT2D eigenvalue weighted by molar-refractivity contribution is 9.10. The lowest BCUT2D eigenvalue weighted by molar-refractivity contribution is 0.368. The topological polar surface area (TPSA) is 45.0 Å². The van der Waals surface area contributed by atoms with Gasteiger partial charge in [-0.05, 0) is 42.3 Å². The fourth-order valence-electron chi connectivity index (χ4n) is 1.98. The molecule has 0 aliphatic rings. The van der Waals surface area contributed by atoms with Crippen LogP contribution in [0.15, 0.2) is 53.0 Å². The van der Waals surface area contributed by atoms with Crippen molar-refractivity contribution in [2.24, 2.45) is 0 Å². The van der Waals surface area contributed by atoms with Gasteiger partial charge in [-0.25, -0.2) is 0 Å². The van der Waals surface area contributed by atoms with E-state index in [1.807, 2.05) is 42.5 Å². The van der Waals surface area contributed by atoms with Crippen LogP contribution in [0.25, 0.3) is 0 Å². The van der Waals surface area contributed by atoms with Crippen LogP contribution in [0.1, 0.15) is 24.1 Å². The van der Waals surface area contributed by atoms with Crippen molar-refractivity contribution in [3.05, 3.63) is 64.1 Å². The molecule has 1 N–H and O–H groups in total. The van der Waals surface area contributed by atoms with E-state index in [1.54, 1.807) is 0 Å². The highest BCUT2D eigenvalue weighted by Crippen LogP contribution is 2.18. The summed E-state index contributed by atoms with van der Waals surface area (Å²) in [5.74, 6) is 0.723. The van der Waals surface area contributed by atoms with Gasteiger partial charge < -0.3 is 10.1 Å². The summed E-state index contributed by atoms with van der Waals surface area (Å²) in [6.07, 6.45) is 0. The van der Waals surface area contributed by atoms with Crippen molar-refractivity contribution >= 4 is 15.9 Å². The van der Waals surface area contributed by atoms with E-state index in [4.69, 9.17) is 10.00 Å². The molecule has 0 aromatic heterocycles. The molecule has 0 saturated carbocycles. The molecule has 0 saturated heterocycles. The van der Waals surface area contributed by atoms with E-state index in [9.17, 15) is 0 Å². The van der Waals surface area contributed by atoms with Crippen molar-refractivity contribution < 1.29 is 4.74 Å². The Labute approximate surface area is 133 Å². The summed E-state index contributed by atoms with van der Waals surface area (Å²) >= 11 is 3.49. The first kappa shape index (κ1) is 15.6. The molecule has 0 radical (unpaired) electrons. The molecule has 0 fully saturated rings. The summed E-state index contributed by atoms with van der Waals surface area (Å²) in [4.78, 5) is 0. The minimum atomic E-state index is 0.0809. The molecular formula is C17H17BrN2O. The van der Waals surface area contributed by atoms with Crippen LogP contribution < -0.4 is 10.1 Å². The Bertz CT molecular complexity index is 619. The second kappa shape index (κ2) is 7.82. The third-order valence-corrected chi connectivity index (χ3v) is 3.68. The molecule has 0 spiro atoms. The van der Waals surface area contributed by atoms with Gasteiger partial charge in [0, 0.05) is 17.1 Å².